The van der Waals surface area contributed by atoms with Crippen LogP contribution in [-0.2, 0) is 4.79 Å². The number of ether oxygens (including phenoxy) is 1. The molecule has 2 aromatic carbocycles. The maximum absolute atomic E-state index is 12.4. The van der Waals surface area contributed by atoms with Crippen molar-refractivity contribution in [3.05, 3.63) is 52.5 Å². The van der Waals surface area contributed by atoms with Gasteiger partial charge in [-0.15, -0.1) is 0 Å². The van der Waals surface area contributed by atoms with Crippen molar-refractivity contribution < 1.29 is 14.3 Å². The molecular weight excluding hydrogens is 372 g/mol. The fraction of sp³-hybridized carbons (Fsp3) is 0.222. The molecule has 6 heteroatoms. The van der Waals surface area contributed by atoms with Crippen molar-refractivity contribution in [1.29, 1.82) is 0 Å². The van der Waals surface area contributed by atoms with E-state index in [1.807, 2.05) is 25.1 Å². The van der Waals surface area contributed by atoms with Crippen LogP contribution >= 0.6 is 15.9 Å². The molecule has 124 valence electrons. The molecule has 5 nitrogen and oxygen atoms in total. The van der Waals surface area contributed by atoms with E-state index in [4.69, 9.17) is 4.74 Å². The normalized spacial score (nSPS) is 16.4. The summed E-state index contributed by atoms with van der Waals surface area (Å²) in [6.45, 7) is 4.21. The van der Waals surface area contributed by atoms with Gasteiger partial charge >= 0.3 is 0 Å². The third kappa shape index (κ3) is 3.01. The van der Waals surface area contributed by atoms with E-state index in [1.165, 1.54) is 0 Å². The lowest BCUT2D eigenvalue weighted by molar-refractivity contribution is -0.125. The van der Waals surface area contributed by atoms with Gasteiger partial charge in [-0.05, 0) is 54.0 Å². The number of hydrogen-bond donors (Lipinski definition) is 1. The zero-order valence-electron chi connectivity index (χ0n) is 13.4. The third-order valence-electron chi connectivity index (χ3n) is 3.86. The van der Waals surface area contributed by atoms with Crippen LogP contribution < -0.4 is 15.0 Å². The standard InChI is InChI=1S/C18H17BrN2O3/c1-3-21-15-9-8-12(10-16(15)24-11(2)18(21)23)20-17(22)13-6-4-5-7-14(13)19/h4-11H,3H2,1-2H3,(H,20,22). The number of fused-ring (bicyclic) bond motifs is 1. The number of carbonyl (C=O) groups is 2. The van der Waals surface area contributed by atoms with Crippen molar-refractivity contribution in [3.8, 4) is 5.75 Å². The maximum atomic E-state index is 12.4. The van der Waals surface area contributed by atoms with Crippen molar-refractivity contribution in [1.82, 2.24) is 0 Å². The Balaban J connectivity index is 1.87. The van der Waals surface area contributed by atoms with Gasteiger partial charge in [-0.3, -0.25) is 9.59 Å². The number of halogens is 1. The number of benzene rings is 2. The lowest BCUT2D eigenvalue weighted by Gasteiger charge is -2.32. The molecule has 0 spiro atoms. The van der Waals surface area contributed by atoms with Crippen LogP contribution in [0.3, 0.4) is 0 Å². The quantitative estimate of drug-likeness (QED) is 0.868. The van der Waals surface area contributed by atoms with Gasteiger partial charge in [0.1, 0.15) is 5.75 Å². The number of nitrogens with zero attached hydrogens (tertiary/aromatic N) is 1. The molecule has 0 bridgehead atoms. The van der Waals surface area contributed by atoms with Crippen molar-refractivity contribution in [3.63, 3.8) is 0 Å². The SMILES string of the molecule is CCN1C(=O)C(C)Oc2cc(NC(=O)c3ccccc3Br)ccc21. The van der Waals surface area contributed by atoms with Crippen LogP contribution in [0.5, 0.6) is 5.75 Å². The second-order valence-corrected chi connectivity index (χ2v) is 6.31. The predicted molar refractivity (Wildman–Crippen MR) is 96.7 cm³/mol. The minimum atomic E-state index is -0.535. The Bertz CT molecular complexity index is 807. The molecule has 1 aliphatic heterocycles. The summed E-state index contributed by atoms with van der Waals surface area (Å²) >= 11 is 3.37. The molecule has 1 N–H and O–H groups in total. The van der Waals surface area contributed by atoms with Crippen LogP contribution in [0, 0.1) is 0 Å². The molecule has 1 heterocycles. The van der Waals surface area contributed by atoms with Crippen LogP contribution in [0.2, 0.25) is 0 Å². The molecule has 1 aliphatic rings. The van der Waals surface area contributed by atoms with Crippen LogP contribution in [-0.4, -0.2) is 24.5 Å². The van der Waals surface area contributed by atoms with Gasteiger partial charge in [0.25, 0.3) is 11.8 Å². The van der Waals surface area contributed by atoms with Gasteiger partial charge in [0.15, 0.2) is 6.10 Å². The molecule has 0 saturated carbocycles. The van der Waals surface area contributed by atoms with Gasteiger partial charge in [-0.2, -0.15) is 0 Å². The summed E-state index contributed by atoms with van der Waals surface area (Å²) in [7, 11) is 0. The first-order valence-electron chi connectivity index (χ1n) is 7.69. The molecule has 0 radical (unpaired) electrons. The zero-order chi connectivity index (χ0) is 17.3. The summed E-state index contributed by atoms with van der Waals surface area (Å²) in [6, 6.07) is 12.5. The topological polar surface area (TPSA) is 58.6 Å². The highest BCUT2D eigenvalue weighted by atomic mass is 79.9. The number of likely N-dealkylation sites (N-methyl/N-ethyl adjacent to an activating group) is 1. The van der Waals surface area contributed by atoms with Crippen LogP contribution in [0.15, 0.2) is 46.9 Å². The maximum Gasteiger partial charge on any atom is 0.267 e. The van der Waals surface area contributed by atoms with E-state index >= 15 is 0 Å². The molecule has 0 fully saturated rings. The number of carbonyl (C=O) groups excluding carboxylic acids is 2. The van der Waals surface area contributed by atoms with Gasteiger partial charge in [-0.1, -0.05) is 12.1 Å². The summed E-state index contributed by atoms with van der Waals surface area (Å²) in [5.41, 5.74) is 1.89. The van der Waals surface area contributed by atoms with Gasteiger partial charge in [0.2, 0.25) is 0 Å². The molecule has 24 heavy (non-hydrogen) atoms. The van der Waals surface area contributed by atoms with Crippen LogP contribution in [0.1, 0.15) is 24.2 Å². The van der Waals surface area contributed by atoms with Gasteiger partial charge in [-0.25, -0.2) is 0 Å². The fourth-order valence-corrected chi connectivity index (χ4v) is 3.12. The van der Waals surface area contributed by atoms with Crippen molar-refractivity contribution >= 4 is 39.1 Å². The fourth-order valence-electron chi connectivity index (χ4n) is 2.66. The van der Waals surface area contributed by atoms with Crippen molar-refractivity contribution in [2.45, 2.75) is 20.0 Å². The van der Waals surface area contributed by atoms with Crippen molar-refractivity contribution in [2.75, 3.05) is 16.8 Å². The average Bonchev–Trinajstić information content (AvgIpc) is 2.56. The summed E-state index contributed by atoms with van der Waals surface area (Å²) < 4.78 is 6.41. The smallest absolute Gasteiger partial charge is 0.267 e. The van der Waals surface area contributed by atoms with E-state index in [1.54, 1.807) is 36.1 Å². The number of amides is 2. The van der Waals surface area contributed by atoms with E-state index in [0.717, 1.165) is 10.2 Å². The van der Waals surface area contributed by atoms with Crippen LogP contribution in [0.25, 0.3) is 0 Å². The Hall–Kier alpha value is -2.34. The Morgan fingerprint density at radius 1 is 1.29 bits per heavy atom. The molecule has 2 amide bonds. The van der Waals surface area contributed by atoms with E-state index < -0.39 is 6.10 Å². The van der Waals surface area contributed by atoms with E-state index in [-0.39, 0.29) is 11.8 Å². The number of anilines is 2. The third-order valence-corrected chi connectivity index (χ3v) is 4.55. The monoisotopic (exact) mass is 388 g/mol. The molecule has 3 rings (SSSR count). The Morgan fingerprint density at radius 2 is 2.04 bits per heavy atom. The Morgan fingerprint density at radius 3 is 2.75 bits per heavy atom. The number of nitrogens with one attached hydrogen (secondary N) is 1. The van der Waals surface area contributed by atoms with Gasteiger partial charge in [0, 0.05) is 22.8 Å². The molecule has 1 unspecified atom stereocenters. The second-order valence-electron chi connectivity index (χ2n) is 5.46. The largest absolute Gasteiger partial charge is 0.479 e. The van der Waals surface area contributed by atoms with Gasteiger partial charge < -0.3 is 15.0 Å². The zero-order valence-corrected chi connectivity index (χ0v) is 15.0. The van der Waals surface area contributed by atoms with Gasteiger partial charge in [0.05, 0.1) is 11.3 Å². The number of rotatable bonds is 3. The molecule has 0 aromatic heterocycles. The van der Waals surface area contributed by atoms with E-state index in [2.05, 4.69) is 21.2 Å². The molecule has 0 aliphatic carbocycles. The first-order chi connectivity index (χ1) is 11.5. The van der Waals surface area contributed by atoms with E-state index in [0.29, 0.717) is 23.5 Å². The predicted octanol–water partition coefficient (Wildman–Crippen LogP) is 3.84. The van der Waals surface area contributed by atoms with Crippen molar-refractivity contribution in [2.24, 2.45) is 0 Å². The Kier molecular flexibility index (Phi) is 4.57. The highest BCUT2D eigenvalue weighted by Gasteiger charge is 2.30. The van der Waals surface area contributed by atoms with Crippen LogP contribution in [0.4, 0.5) is 11.4 Å². The highest BCUT2D eigenvalue weighted by Crippen LogP contribution is 2.36. The molecule has 2 aromatic rings. The van der Waals surface area contributed by atoms with E-state index in [9.17, 15) is 9.59 Å². The summed E-state index contributed by atoms with van der Waals surface area (Å²) in [6.07, 6.45) is -0.535. The summed E-state index contributed by atoms with van der Waals surface area (Å²) in [5, 5.41) is 2.86. The minimum Gasteiger partial charge on any atom is -0.479 e. The summed E-state index contributed by atoms with van der Waals surface area (Å²) in [4.78, 5) is 26.2. The summed E-state index contributed by atoms with van der Waals surface area (Å²) in [5.74, 6) is 0.318. The molecule has 0 saturated heterocycles. The lowest BCUT2D eigenvalue weighted by atomic mass is 10.1. The highest BCUT2D eigenvalue weighted by molar-refractivity contribution is 9.10. The first-order valence-corrected chi connectivity index (χ1v) is 8.48. The molecule has 1 atom stereocenters. The first kappa shape index (κ1) is 16.5. The Labute approximate surface area is 148 Å². The second kappa shape index (κ2) is 6.65. The number of hydrogen-bond acceptors (Lipinski definition) is 3. The molecular formula is C18H17BrN2O3. The lowest BCUT2D eigenvalue weighted by Crippen LogP contribution is -2.44. The average molecular weight is 389 g/mol. The minimum absolute atomic E-state index is 0.0602.